The Bertz CT molecular complexity index is 758. The van der Waals surface area contributed by atoms with Gasteiger partial charge in [-0.3, -0.25) is 14.7 Å². The molecule has 24 heavy (non-hydrogen) atoms. The molecule has 0 radical (unpaired) electrons. The summed E-state index contributed by atoms with van der Waals surface area (Å²) in [6.07, 6.45) is 3.74. The highest BCUT2D eigenvalue weighted by atomic mass is 16.5. The topological polar surface area (TPSA) is 123 Å². The number of aromatic amines is 1. The molecule has 1 fully saturated rings. The number of methoxy groups -OCH3 is 1. The van der Waals surface area contributed by atoms with Crippen molar-refractivity contribution >= 4 is 11.7 Å². The smallest absolute Gasteiger partial charge is 0.221 e. The fourth-order valence-corrected chi connectivity index (χ4v) is 3.04. The van der Waals surface area contributed by atoms with Crippen LogP contribution in [0.5, 0.6) is 5.88 Å². The molecule has 2 aromatic heterocycles. The first-order chi connectivity index (χ1) is 11.6. The summed E-state index contributed by atoms with van der Waals surface area (Å²) in [5, 5.41) is 9.90. The summed E-state index contributed by atoms with van der Waals surface area (Å²) in [6.45, 7) is 1.10. The van der Waals surface area contributed by atoms with Gasteiger partial charge in [0.05, 0.1) is 19.2 Å². The van der Waals surface area contributed by atoms with Gasteiger partial charge in [0.2, 0.25) is 11.8 Å². The van der Waals surface area contributed by atoms with Crippen LogP contribution in [0.3, 0.4) is 0 Å². The van der Waals surface area contributed by atoms with Crippen LogP contribution < -0.4 is 15.8 Å². The lowest BCUT2D eigenvalue weighted by molar-refractivity contribution is -0.123. The molecule has 1 aliphatic heterocycles. The van der Waals surface area contributed by atoms with Crippen molar-refractivity contribution in [3.63, 3.8) is 0 Å². The van der Waals surface area contributed by atoms with Gasteiger partial charge in [0.25, 0.3) is 0 Å². The lowest BCUT2D eigenvalue weighted by Gasteiger charge is -2.28. The van der Waals surface area contributed by atoms with E-state index in [9.17, 15) is 9.59 Å². The van der Waals surface area contributed by atoms with Gasteiger partial charge in [0, 0.05) is 30.3 Å². The van der Waals surface area contributed by atoms with Crippen molar-refractivity contribution in [2.45, 2.75) is 6.42 Å². The van der Waals surface area contributed by atoms with E-state index in [0.717, 1.165) is 5.56 Å². The lowest BCUT2D eigenvalue weighted by Crippen LogP contribution is -2.46. The molecule has 126 valence electrons. The van der Waals surface area contributed by atoms with Crippen molar-refractivity contribution in [3.8, 4) is 17.0 Å². The number of hydrogen-bond donors (Lipinski definition) is 3. The van der Waals surface area contributed by atoms with Crippen molar-refractivity contribution < 1.29 is 14.3 Å². The van der Waals surface area contributed by atoms with Crippen LogP contribution in [-0.4, -0.2) is 47.1 Å². The molecule has 3 heterocycles. The van der Waals surface area contributed by atoms with Gasteiger partial charge in [-0.1, -0.05) is 0 Å². The third-order valence-electron chi connectivity index (χ3n) is 4.33. The van der Waals surface area contributed by atoms with Crippen LogP contribution in [-0.2, 0) is 4.79 Å². The average molecular weight is 329 g/mol. The normalized spacial score (nSPS) is 20.5. The van der Waals surface area contributed by atoms with Crippen LogP contribution in [0.4, 0.5) is 0 Å². The highest BCUT2D eigenvalue weighted by molar-refractivity contribution is 6.04. The van der Waals surface area contributed by atoms with Crippen molar-refractivity contribution in [2.75, 3.05) is 20.2 Å². The van der Waals surface area contributed by atoms with E-state index in [2.05, 4.69) is 20.5 Å². The minimum absolute atomic E-state index is 0.172. The van der Waals surface area contributed by atoms with Crippen LogP contribution in [0.2, 0.25) is 0 Å². The third-order valence-corrected chi connectivity index (χ3v) is 4.33. The number of nitrogens with zero attached hydrogens (tertiary/aromatic N) is 2. The summed E-state index contributed by atoms with van der Waals surface area (Å²) in [5.74, 6) is -1.14. The first-order valence-electron chi connectivity index (χ1n) is 7.70. The predicted molar refractivity (Wildman–Crippen MR) is 86.4 cm³/mol. The second-order valence-corrected chi connectivity index (χ2v) is 5.72. The number of carbonyl (C=O) groups excluding carboxylic acids is 2. The van der Waals surface area contributed by atoms with Crippen LogP contribution in [0, 0.1) is 11.8 Å². The first kappa shape index (κ1) is 16.1. The number of aromatic nitrogens is 3. The molecule has 0 aliphatic carbocycles. The van der Waals surface area contributed by atoms with Gasteiger partial charge in [-0.2, -0.15) is 5.10 Å². The molecular weight excluding hydrogens is 310 g/mol. The molecule has 2 aromatic rings. The van der Waals surface area contributed by atoms with E-state index in [1.165, 1.54) is 7.11 Å². The SMILES string of the molecule is COc1cc(-c2cn[nH]c2C(=O)C2CNCCC2C(N)=O)ccn1. The fraction of sp³-hybridized carbons (Fsp3) is 0.375. The number of nitrogens with one attached hydrogen (secondary N) is 2. The predicted octanol–water partition coefficient (Wildman–Crippen LogP) is 0.374. The maximum Gasteiger partial charge on any atom is 0.221 e. The van der Waals surface area contributed by atoms with Gasteiger partial charge in [-0.25, -0.2) is 4.98 Å². The minimum atomic E-state index is -0.501. The Balaban J connectivity index is 1.94. The van der Waals surface area contributed by atoms with Gasteiger partial charge >= 0.3 is 0 Å². The number of primary amides is 1. The summed E-state index contributed by atoms with van der Waals surface area (Å²) in [6, 6.07) is 3.50. The highest BCUT2D eigenvalue weighted by Gasteiger charge is 2.36. The Kier molecular flexibility index (Phi) is 4.57. The lowest BCUT2D eigenvalue weighted by atomic mass is 9.81. The molecule has 1 amide bonds. The molecule has 8 heteroatoms. The standard InChI is InChI=1S/C16H19N5O3/c1-24-13-6-9(2-5-19-13)11-8-20-21-14(11)15(22)12-7-18-4-3-10(12)16(17)23/h2,5-6,8,10,12,18H,3-4,7H2,1H3,(H2,17,23)(H,20,21). The number of ether oxygens (including phenoxy) is 1. The van der Waals surface area contributed by atoms with Crippen LogP contribution >= 0.6 is 0 Å². The number of rotatable bonds is 5. The number of pyridine rings is 1. The Labute approximate surface area is 138 Å². The molecular formula is C16H19N5O3. The summed E-state index contributed by atoms with van der Waals surface area (Å²) in [7, 11) is 1.53. The largest absolute Gasteiger partial charge is 0.481 e. The molecule has 8 nitrogen and oxygen atoms in total. The van der Waals surface area contributed by atoms with E-state index >= 15 is 0 Å². The molecule has 0 spiro atoms. The molecule has 0 saturated carbocycles. The van der Waals surface area contributed by atoms with Crippen molar-refractivity contribution in [2.24, 2.45) is 17.6 Å². The van der Waals surface area contributed by atoms with Gasteiger partial charge in [-0.05, 0) is 24.6 Å². The number of piperidine rings is 1. The molecule has 0 aromatic carbocycles. The molecule has 2 unspecified atom stereocenters. The van der Waals surface area contributed by atoms with Gasteiger partial charge < -0.3 is 15.8 Å². The summed E-state index contributed by atoms with van der Waals surface area (Å²) < 4.78 is 5.12. The Morgan fingerprint density at radius 1 is 1.38 bits per heavy atom. The Hall–Kier alpha value is -2.74. The number of Topliss-reactive ketones (excluding diaryl/α,β-unsaturated/α-hetero) is 1. The molecule has 2 atom stereocenters. The molecule has 0 bridgehead atoms. The number of carbonyl (C=O) groups is 2. The minimum Gasteiger partial charge on any atom is -0.481 e. The quantitative estimate of drug-likeness (QED) is 0.681. The molecule has 1 saturated heterocycles. The molecule has 1 aliphatic rings. The Morgan fingerprint density at radius 2 is 2.21 bits per heavy atom. The van der Waals surface area contributed by atoms with E-state index in [-0.39, 0.29) is 5.78 Å². The maximum absolute atomic E-state index is 13.0. The van der Waals surface area contributed by atoms with Gasteiger partial charge in [0.15, 0.2) is 5.78 Å². The number of hydrogen-bond acceptors (Lipinski definition) is 6. The monoisotopic (exact) mass is 329 g/mol. The first-order valence-corrected chi connectivity index (χ1v) is 7.70. The van der Waals surface area contributed by atoms with E-state index in [4.69, 9.17) is 10.5 Å². The zero-order chi connectivity index (χ0) is 17.1. The van der Waals surface area contributed by atoms with E-state index in [1.807, 2.05) is 0 Å². The zero-order valence-electron chi connectivity index (χ0n) is 13.3. The third kappa shape index (κ3) is 3.00. The second-order valence-electron chi connectivity index (χ2n) is 5.72. The number of nitrogens with two attached hydrogens (primary N) is 1. The molecule has 4 N–H and O–H groups in total. The van der Waals surface area contributed by atoms with Crippen LogP contribution in [0.15, 0.2) is 24.5 Å². The van der Waals surface area contributed by atoms with E-state index in [1.54, 1.807) is 24.5 Å². The van der Waals surface area contributed by atoms with Crippen molar-refractivity contribution in [1.82, 2.24) is 20.5 Å². The van der Waals surface area contributed by atoms with Crippen molar-refractivity contribution in [3.05, 3.63) is 30.2 Å². The average Bonchev–Trinajstić information content (AvgIpc) is 3.10. The summed E-state index contributed by atoms with van der Waals surface area (Å²) in [4.78, 5) is 28.7. The summed E-state index contributed by atoms with van der Waals surface area (Å²) in [5.41, 5.74) is 7.24. The van der Waals surface area contributed by atoms with Crippen LogP contribution in [0.1, 0.15) is 16.9 Å². The molecule has 3 rings (SSSR count). The number of amides is 1. The van der Waals surface area contributed by atoms with Gasteiger partial charge in [-0.15, -0.1) is 0 Å². The van der Waals surface area contributed by atoms with E-state index in [0.29, 0.717) is 36.6 Å². The van der Waals surface area contributed by atoms with E-state index < -0.39 is 17.7 Å². The zero-order valence-corrected chi connectivity index (χ0v) is 13.3. The fourth-order valence-electron chi connectivity index (χ4n) is 3.04. The number of ketones is 1. The number of H-pyrrole nitrogens is 1. The van der Waals surface area contributed by atoms with Crippen LogP contribution in [0.25, 0.3) is 11.1 Å². The van der Waals surface area contributed by atoms with Gasteiger partial charge in [0.1, 0.15) is 5.69 Å². The summed E-state index contributed by atoms with van der Waals surface area (Å²) >= 11 is 0. The highest BCUT2D eigenvalue weighted by Crippen LogP contribution is 2.29. The Morgan fingerprint density at radius 3 is 2.96 bits per heavy atom. The van der Waals surface area contributed by atoms with Crippen molar-refractivity contribution in [1.29, 1.82) is 0 Å². The maximum atomic E-state index is 13.0. The second kappa shape index (κ2) is 6.79.